The highest BCUT2D eigenvalue weighted by molar-refractivity contribution is 5.73. The van der Waals surface area contributed by atoms with Crippen molar-refractivity contribution < 1.29 is 4.79 Å². The Morgan fingerprint density at radius 2 is 2.21 bits per heavy atom. The van der Waals surface area contributed by atoms with Gasteiger partial charge in [-0.15, -0.1) is 0 Å². The number of rotatable bonds is 4. The van der Waals surface area contributed by atoms with E-state index in [1.165, 1.54) is 0 Å². The molecule has 0 unspecified atom stereocenters. The molecule has 78 valence electrons. The van der Waals surface area contributed by atoms with Gasteiger partial charge in [-0.2, -0.15) is 5.10 Å². The van der Waals surface area contributed by atoms with Crippen LogP contribution in [0.5, 0.6) is 0 Å². The zero-order valence-electron chi connectivity index (χ0n) is 8.79. The Bertz CT molecular complexity index is 343. The van der Waals surface area contributed by atoms with E-state index in [9.17, 15) is 4.79 Å². The van der Waals surface area contributed by atoms with E-state index in [4.69, 9.17) is 5.73 Å². The Morgan fingerprint density at radius 3 is 2.71 bits per heavy atom. The second kappa shape index (κ2) is 4.23. The molecule has 1 amide bonds. The summed E-state index contributed by atoms with van der Waals surface area (Å²) in [5, 5.41) is 7.31. The fourth-order valence-electron chi connectivity index (χ4n) is 1.47. The minimum atomic E-state index is -0.369. The molecular formula is C9H16N4O. The molecule has 0 aliphatic rings. The lowest BCUT2D eigenvalue weighted by Crippen LogP contribution is -2.20. The molecule has 0 atom stereocenters. The molecule has 0 fully saturated rings. The quantitative estimate of drug-likeness (QED) is 0.694. The van der Waals surface area contributed by atoms with E-state index >= 15 is 0 Å². The number of aromatic nitrogens is 2. The first-order chi connectivity index (χ1) is 6.56. The average Bonchev–Trinajstić information content (AvgIpc) is 2.32. The molecule has 0 saturated heterocycles. The van der Waals surface area contributed by atoms with E-state index in [1.54, 1.807) is 4.68 Å². The number of hydrogen-bond donors (Lipinski definition) is 2. The van der Waals surface area contributed by atoms with Crippen LogP contribution in [-0.2, 0) is 17.9 Å². The van der Waals surface area contributed by atoms with E-state index in [0.29, 0.717) is 0 Å². The Morgan fingerprint density at radius 1 is 1.57 bits per heavy atom. The molecule has 3 N–H and O–H groups in total. The summed E-state index contributed by atoms with van der Waals surface area (Å²) in [5.74, 6) is -0.369. The van der Waals surface area contributed by atoms with Crippen LogP contribution in [0.25, 0.3) is 0 Å². The van der Waals surface area contributed by atoms with E-state index in [2.05, 4.69) is 10.4 Å². The maximum absolute atomic E-state index is 10.7. The molecule has 0 aliphatic heterocycles. The minimum Gasteiger partial charge on any atom is -0.368 e. The van der Waals surface area contributed by atoms with Crippen LogP contribution in [0.4, 0.5) is 0 Å². The Labute approximate surface area is 83.3 Å². The Balaban J connectivity index is 2.97. The lowest BCUT2D eigenvalue weighted by atomic mass is 10.2. The van der Waals surface area contributed by atoms with Gasteiger partial charge in [-0.3, -0.25) is 9.48 Å². The number of hydrogen-bond acceptors (Lipinski definition) is 3. The molecule has 0 aromatic carbocycles. The third-order valence-corrected chi connectivity index (χ3v) is 2.19. The second-order valence-electron chi connectivity index (χ2n) is 3.30. The van der Waals surface area contributed by atoms with Gasteiger partial charge in [-0.25, -0.2) is 0 Å². The van der Waals surface area contributed by atoms with Crippen molar-refractivity contribution in [3.63, 3.8) is 0 Å². The predicted octanol–water partition coefficient (Wildman–Crippen LogP) is -0.295. The lowest BCUT2D eigenvalue weighted by molar-refractivity contribution is -0.118. The Kier molecular flexibility index (Phi) is 3.24. The minimum absolute atomic E-state index is 0.149. The van der Waals surface area contributed by atoms with Crippen molar-refractivity contribution >= 4 is 5.91 Å². The van der Waals surface area contributed by atoms with Crippen molar-refractivity contribution in [1.29, 1.82) is 0 Å². The molecule has 1 aromatic rings. The first kappa shape index (κ1) is 10.7. The van der Waals surface area contributed by atoms with Gasteiger partial charge in [-0.1, -0.05) is 0 Å². The maximum Gasteiger partial charge on any atom is 0.239 e. The van der Waals surface area contributed by atoms with E-state index in [-0.39, 0.29) is 12.5 Å². The highest BCUT2D eigenvalue weighted by Gasteiger charge is 2.11. The van der Waals surface area contributed by atoms with Crippen LogP contribution < -0.4 is 11.1 Å². The molecule has 5 nitrogen and oxygen atoms in total. The summed E-state index contributed by atoms with van der Waals surface area (Å²) in [7, 11) is 1.88. The number of carbonyl (C=O) groups is 1. The van der Waals surface area contributed by atoms with E-state index in [0.717, 1.165) is 23.5 Å². The van der Waals surface area contributed by atoms with Gasteiger partial charge in [0.05, 0.1) is 5.69 Å². The van der Waals surface area contributed by atoms with Crippen molar-refractivity contribution in [2.24, 2.45) is 5.73 Å². The highest BCUT2D eigenvalue weighted by atomic mass is 16.1. The predicted molar refractivity (Wildman–Crippen MR) is 53.7 cm³/mol. The summed E-state index contributed by atoms with van der Waals surface area (Å²) in [6.07, 6.45) is 0. The zero-order chi connectivity index (χ0) is 10.7. The summed E-state index contributed by atoms with van der Waals surface area (Å²) in [5.41, 5.74) is 8.18. The molecule has 1 aromatic heterocycles. The molecular weight excluding hydrogens is 180 g/mol. The standard InChI is InChI=1S/C9H16N4O/c1-6-8(4-11-3)7(2)13(12-6)5-9(10)14/h11H,4-5H2,1-3H3,(H2,10,14). The third kappa shape index (κ3) is 2.11. The highest BCUT2D eigenvalue weighted by Crippen LogP contribution is 2.12. The van der Waals surface area contributed by atoms with E-state index in [1.807, 2.05) is 20.9 Å². The van der Waals surface area contributed by atoms with Gasteiger partial charge >= 0.3 is 0 Å². The molecule has 0 spiro atoms. The number of amides is 1. The number of aryl methyl sites for hydroxylation is 1. The smallest absolute Gasteiger partial charge is 0.239 e. The molecule has 5 heteroatoms. The molecule has 0 radical (unpaired) electrons. The summed E-state index contributed by atoms with van der Waals surface area (Å²) in [4.78, 5) is 10.7. The first-order valence-electron chi connectivity index (χ1n) is 4.52. The summed E-state index contributed by atoms with van der Waals surface area (Å²) < 4.78 is 1.64. The number of nitrogens with two attached hydrogens (primary N) is 1. The van der Waals surface area contributed by atoms with Crippen molar-refractivity contribution in [3.8, 4) is 0 Å². The first-order valence-corrected chi connectivity index (χ1v) is 4.52. The van der Waals surface area contributed by atoms with Crippen LogP contribution >= 0.6 is 0 Å². The SMILES string of the molecule is CNCc1c(C)nn(CC(N)=O)c1C. The second-order valence-corrected chi connectivity index (χ2v) is 3.30. The van der Waals surface area contributed by atoms with Gasteiger partial charge in [0.15, 0.2) is 0 Å². The molecule has 14 heavy (non-hydrogen) atoms. The molecule has 0 aliphatic carbocycles. The number of nitrogens with zero attached hydrogens (tertiary/aromatic N) is 2. The Hall–Kier alpha value is -1.36. The van der Waals surface area contributed by atoms with Crippen molar-refractivity contribution in [3.05, 3.63) is 17.0 Å². The lowest BCUT2D eigenvalue weighted by Gasteiger charge is -2.02. The van der Waals surface area contributed by atoms with Crippen molar-refractivity contribution in [2.75, 3.05) is 7.05 Å². The van der Waals surface area contributed by atoms with Crippen LogP contribution in [0.3, 0.4) is 0 Å². The van der Waals surface area contributed by atoms with Crippen LogP contribution in [0, 0.1) is 13.8 Å². The monoisotopic (exact) mass is 196 g/mol. The molecule has 1 heterocycles. The number of primary amides is 1. The summed E-state index contributed by atoms with van der Waals surface area (Å²) in [6.45, 7) is 4.78. The van der Waals surface area contributed by atoms with E-state index < -0.39 is 0 Å². The molecule has 0 bridgehead atoms. The fraction of sp³-hybridized carbons (Fsp3) is 0.556. The van der Waals surface area contributed by atoms with Crippen LogP contribution in [0.1, 0.15) is 17.0 Å². The third-order valence-electron chi connectivity index (χ3n) is 2.19. The molecule has 0 saturated carbocycles. The number of carbonyl (C=O) groups excluding carboxylic acids is 1. The zero-order valence-corrected chi connectivity index (χ0v) is 8.79. The largest absolute Gasteiger partial charge is 0.368 e. The van der Waals surface area contributed by atoms with Crippen LogP contribution in [-0.4, -0.2) is 22.7 Å². The van der Waals surface area contributed by atoms with Crippen LogP contribution in [0.2, 0.25) is 0 Å². The molecule has 1 rings (SSSR count). The summed E-state index contributed by atoms with van der Waals surface area (Å²) >= 11 is 0. The van der Waals surface area contributed by atoms with Crippen LogP contribution in [0.15, 0.2) is 0 Å². The van der Waals surface area contributed by atoms with Gasteiger partial charge < -0.3 is 11.1 Å². The van der Waals surface area contributed by atoms with Gasteiger partial charge in [0.25, 0.3) is 0 Å². The topological polar surface area (TPSA) is 72.9 Å². The fourth-order valence-corrected chi connectivity index (χ4v) is 1.47. The van der Waals surface area contributed by atoms with Gasteiger partial charge in [0.2, 0.25) is 5.91 Å². The van der Waals surface area contributed by atoms with Crippen molar-refractivity contribution in [2.45, 2.75) is 26.9 Å². The van der Waals surface area contributed by atoms with Gasteiger partial charge in [-0.05, 0) is 20.9 Å². The summed E-state index contributed by atoms with van der Waals surface area (Å²) in [6, 6.07) is 0. The van der Waals surface area contributed by atoms with Gasteiger partial charge in [0.1, 0.15) is 6.54 Å². The number of nitrogens with one attached hydrogen (secondary N) is 1. The van der Waals surface area contributed by atoms with Crippen molar-refractivity contribution in [1.82, 2.24) is 15.1 Å². The maximum atomic E-state index is 10.7. The normalized spacial score (nSPS) is 10.5. The van der Waals surface area contributed by atoms with Gasteiger partial charge in [0, 0.05) is 17.8 Å². The average molecular weight is 196 g/mol.